The van der Waals surface area contributed by atoms with Gasteiger partial charge >= 0.3 is 12.1 Å². The number of aliphatic carboxylic acids is 1. The van der Waals surface area contributed by atoms with Crippen molar-refractivity contribution in [2.45, 2.75) is 6.18 Å². The molecule has 0 aromatic carbocycles. The number of rotatable bonds is 2. The zero-order chi connectivity index (χ0) is 14.2. The molecule has 1 N–H and O–H groups in total. The number of hydrogen-bond donors (Lipinski definition) is 1. The third-order valence-corrected chi connectivity index (χ3v) is 2.82. The molecule has 1 aliphatic rings. The van der Waals surface area contributed by atoms with Crippen LogP contribution in [0.25, 0.3) is 0 Å². The van der Waals surface area contributed by atoms with Crippen LogP contribution in [-0.2, 0) is 11.0 Å². The van der Waals surface area contributed by atoms with E-state index in [1.807, 2.05) is 0 Å². The molecule has 1 aromatic rings. The molecule has 0 unspecified atom stereocenters. The molecule has 1 saturated heterocycles. The molecular formula is C11H9F3N2O3. The molecule has 2 heterocycles. The minimum atomic E-state index is -4.55. The van der Waals surface area contributed by atoms with E-state index in [0.717, 1.165) is 18.3 Å². The van der Waals surface area contributed by atoms with Crippen molar-refractivity contribution in [1.29, 1.82) is 0 Å². The molecule has 0 aliphatic carbocycles. The highest BCUT2D eigenvalue weighted by molar-refractivity contribution is 5.95. The standard InChI is InChI=1S/C11H9F3N2O3/c12-11(13,14)8-2-1-6(3-15-8)9(17)16-4-7(5-16)10(18)19/h1-3,7H,4-5H2,(H,18,19). The number of amides is 1. The SMILES string of the molecule is O=C(O)C1CN(C(=O)c2ccc(C(F)(F)F)nc2)C1. The minimum Gasteiger partial charge on any atom is -0.481 e. The molecule has 0 saturated carbocycles. The molecule has 1 amide bonds. The lowest BCUT2D eigenvalue weighted by Gasteiger charge is -2.36. The lowest BCUT2D eigenvalue weighted by molar-refractivity contribution is -0.146. The first-order valence-electron chi connectivity index (χ1n) is 5.34. The number of likely N-dealkylation sites (tertiary alicyclic amines) is 1. The third kappa shape index (κ3) is 2.67. The normalized spacial score (nSPS) is 16.1. The number of aromatic nitrogens is 1. The second-order valence-electron chi connectivity index (χ2n) is 4.18. The van der Waals surface area contributed by atoms with Crippen LogP contribution in [-0.4, -0.2) is 40.0 Å². The van der Waals surface area contributed by atoms with Gasteiger partial charge in [0.25, 0.3) is 5.91 Å². The van der Waals surface area contributed by atoms with Gasteiger partial charge in [-0.05, 0) is 12.1 Å². The lowest BCUT2D eigenvalue weighted by atomic mass is 9.99. The van der Waals surface area contributed by atoms with Gasteiger partial charge in [-0.25, -0.2) is 0 Å². The van der Waals surface area contributed by atoms with Crippen LogP contribution in [0.15, 0.2) is 18.3 Å². The summed E-state index contributed by atoms with van der Waals surface area (Å²) < 4.78 is 36.8. The molecular weight excluding hydrogens is 265 g/mol. The van der Waals surface area contributed by atoms with Gasteiger partial charge in [-0.2, -0.15) is 13.2 Å². The van der Waals surface area contributed by atoms with Gasteiger partial charge in [-0.1, -0.05) is 0 Å². The lowest BCUT2D eigenvalue weighted by Crippen LogP contribution is -2.53. The van der Waals surface area contributed by atoms with Crippen molar-refractivity contribution in [1.82, 2.24) is 9.88 Å². The molecule has 0 atom stereocenters. The highest BCUT2D eigenvalue weighted by Gasteiger charge is 2.37. The Kier molecular flexibility index (Phi) is 3.17. The van der Waals surface area contributed by atoms with Crippen LogP contribution < -0.4 is 0 Å². The number of carboxylic acids is 1. The summed E-state index contributed by atoms with van der Waals surface area (Å²) in [5, 5.41) is 8.65. The molecule has 0 spiro atoms. The third-order valence-electron chi connectivity index (χ3n) is 2.82. The van der Waals surface area contributed by atoms with Gasteiger partial charge in [0.1, 0.15) is 5.69 Å². The van der Waals surface area contributed by atoms with Crippen LogP contribution >= 0.6 is 0 Å². The van der Waals surface area contributed by atoms with Crippen LogP contribution in [0.4, 0.5) is 13.2 Å². The quantitative estimate of drug-likeness (QED) is 0.881. The molecule has 0 bridgehead atoms. The van der Waals surface area contributed by atoms with Gasteiger partial charge in [0.15, 0.2) is 0 Å². The van der Waals surface area contributed by atoms with Crippen LogP contribution in [0.1, 0.15) is 16.1 Å². The number of alkyl halides is 3. The van der Waals surface area contributed by atoms with E-state index in [4.69, 9.17) is 5.11 Å². The van der Waals surface area contributed by atoms with Crippen molar-refractivity contribution in [2.24, 2.45) is 5.92 Å². The maximum atomic E-state index is 12.3. The van der Waals surface area contributed by atoms with Crippen molar-refractivity contribution in [3.05, 3.63) is 29.6 Å². The van der Waals surface area contributed by atoms with E-state index in [1.54, 1.807) is 0 Å². The second-order valence-corrected chi connectivity index (χ2v) is 4.18. The van der Waals surface area contributed by atoms with E-state index in [2.05, 4.69) is 4.98 Å². The molecule has 8 heteroatoms. The highest BCUT2D eigenvalue weighted by Crippen LogP contribution is 2.27. The Morgan fingerprint density at radius 1 is 1.32 bits per heavy atom. The number of hydrogen-bond acceptors (Lipinski definition) is 3. The number of nitrogens with zero attached hydrogens (tertiary/aromatic N) is 2. The van der Waals surface area contributed by atoms with Crippen molar-refractivity contribution >= 4 is 11.9 Å². The molecule has 1 fully saturated rings. The molecule has 19 heavy (non-hydrogen) atoms. The fraction of sp³-hybridized carbons (Fsp3) is 0.364. The van der Waals surface area contributed by atoms with Gasteiger partial charge in [0, 0.05) is 19.3 Å². The van der Waals surface area contributed by atoms with E-state index >= 15 is 0 Å². The van der Waals surface area contributed by atoms with Crippen LogP contribution in [0.5, 0.6) is 0 Å². The summed E-state index contributed by atoms with van der Waals surface area (Å²) in [5.74, 6) is -2.11. The van der Waals surface area contributed by atoms with Crippen molar-refractivity contribution in [3.63, 3.8) is 0 Å². The fourth-order valence-corrected chi connectivity index (χ4v) is 1.67. The summed E-state index contributed by atoms with van der Waals surface area (Å²) in [6, 6.07) is 1.76. The summed E-state index contributed by atoms with van der Waals surface area (Å²) >= 11 is 0. The molecule has 5 nitrogen and oxygen atoms in total. The first-order chi connectivity index (χ1) is 8.79. The predicted molar refractivity (Wildman–Crippen MR) is 56.3 cm³/mol. The Bertz CT molecular complexity index is 507. The molecule has 1 aromatic heterocycles. The van der Waals surface area contributed by atoms with E-state index < -0.39 is 29.7 Å². The summed E-state index contributed by atoms with van der Waals surface area (Å²) in [6.45, 7) is 0.129. The van der Waals surface area contributed by atoms with Crippen LogP contribution in [0, 0.1) is 5.92 Å². The summed E-state index contributed by atoms with van der Waals surface area (Å²) in [4.78, 5) is 26.8. The fourth-order valence-electron chi connectivity index (χ4n) is 1.67. The van der Waals surface area contributed by atoms with Crippen LogP contribution in [0.2, 0.25) is 0 Å². The number of carbonyl (C=O) groups is 2. The van der Waals surface area contributed by atoms with E-state index in [0.29, 0.717) is 0 Å². The number of halogens is 3. The Labute approximate surface area is 105 Å². The maximum Gasteiger partial charge on any atom is 0.433 e. The first-order valence-corrected chi connectivity index (χ1v) is 5.34. The zero-order valence-electron chi connectivity index (χ0n) is 9.52. The molecule has 102 valence electrons. The second kappa shape index (κ2) is 4.52. The van der Waals surface area contributed by atoms with Crippen LogP contribution in [0.3, 0.4) is 0 Å². The first kappa shape index (κ1) is 13.3. The number of pyridine rings is 1. The van der Waals surface area contributed by atoms with E-state index in [9.17, 15) is 22.8 Å². The van der Waals surface area contributed by atoms with Gasteiger partial charge in [0.2, 0.25) is 0 Å². The smallest absolute Gasteiger partial charge is 0.433 e. The Morgan fingerprint density at radius 2 is 1.95 bits per heavy atom. The Hall–Kier alpha value is -2.12. The van der Waals surface area contributed by atoms with Gasteiger partial charge in [0.05, 0.1) is 11.5 Å². The van der Waals surface area contributed by atoms with Crippen molar-refractivity contribution < 1.29 is 27.9 Å². The monoisotopic (exact) mass is 274 g/mol. The maximum absolute atomic E-state index is 12.3. The average Bonchev–Trinajstić information content (AvgIpc) is 2.25. The van der Waals surface area contributed by atoms with E-state index in [1.165, 1.54) is 4.90 Å². The topological polar surface area (TPSA) is 70.5 Å². The summed E-state index contributed by atoms with van der Waals surface area (Å²) in [7, 11) is 0. The predicted octanol–water partition coefficient (Wildman–Crippen LogP) is 1.26. The summed E-state index contributed by atoms with van der Waals surface area (Å²) in [5.41, 5.74) is -1.06. The summed E-state index contributed by atoms with van der Waals surface area (Å²) in [6.07, 6.45) is -3.70. The molecule has 1 aliphatic heterocycles. The number of carbonyl (C=O) groups excluding carboxylic acids is 1. The van der Waals surface area contributed by atoms with Gasteiger partial charge in [-0.3, -0.25) is 14.6 Å². The zero-order valence-corrected chi connectivity index (χ0v) is 9.52. The number of carboxylic acid groups (broad SMARTS) is 1. The molecule has 0 radical (unpaired) electrons. The Morgan fingerprint density at radius 3 is 2.37 bits per heavy atom. The van der Waals surface area contributed by atoms with Crippen molar-refractivity contribution in [2.75, 3.05) is 13.1 Å². The van der Waals surface area contributed by atoms with Crippen molar-refractivity contribution in [3.8, 4) is 0 Å². The van der Waals surface area contributed by atoms with Gasteiger partial charge < -0.3 is 10.0 Å². The molecule has 2 rings (SSSR count). The van der Waals surface area contributed by atoms with E-state index in [-0.39, 0.29) is 18.7 Å². The minimum absolute atomic E-state index is 0.0110. The Balaban J connectivity index is 2.04. The van der Waals surface area contributed by atoms with Gasteiger partial charge in [-0.15, -0.1) is 0 Å². The highest BCUT2D eigenvalue weighted by atomic mass is 19.4. The average molecular weight is 274 g/mol. The largest absolute Gasteiger partial charge is 0.481 e.